The van der Waals surface area contributed by atoms with Gasteiger partial charge in [-0.05, 0) is 80.0 Å². The van der Waals surface area contributed by atoms with Crippen molar-refractivity contribution in [1.29, 1.82) is 5.26 Å². The molecular weight excluding hydrogens is 510 g/mol. The monoisotopic (exact) mass is 547 g/mol. The molecule has 3 aromatic carbocycles. The summed E-state index contributed by atoms with van der Waals surface area (Å²) < 4.78 is 0. The molecule has 0 saturated carbocycles. The first-order valence-corrected chi connectivity index (χ1v) is 14.8. The van der Waals surface area contributed by atoms with E-state index >= 15 is 0 Å². The first kappa shape index (κ1) is 27.8. The molecule has 0 radical (unpaired) electrons. The molecule has 0 fully saturated rings. The summed E-state index contributed by atoms with van der Waals surface area (Å²) in [5, 5.41) is 10.6. The third-order valence-corrected chi connectivity index (χ3v) is 9.22. The van der Waals surface area contributed by atoms with Crippen molar-refractivity contribution in [3.63, 3.8) is 0 Å². The Hall–Kier alpha value is -3.75. The number of rotatable bonds is 5. The standard InChI is InChI=1S/C35H37N3OS/c1-21-11-13-26(14-12-21)40-20-25-15-22(2)16-27(24(25)4)32-28(19-36)34(37)38(29-10-8-7-9-23(29)3)30-17-35(5,6)18-31(39)33(30)32/h7-16,32H,17-18,20,37H2,1-6H3. The number of carbonyl (C=O) groups excluding carboxylic acids is 1. The molecule has 1 aliphatic carbocycles. The average Bonchev–Trinajstić information content (AvgIpc) is 2.89. The lowest BCUT2D eigenvalue weighted by molar-refractivity contribution is -0.118. The molecule has 0 amide bonds. The summed E-state index contributed by atoms with van der Waals surface area (Å²) in [6.45, 7) is 12.6. The Kier molecular flexibility index (Phi) is 7.42. The van der Waals surface area contributed by atoms with Gasteiger partial charge >= 0.3 is 0 Å². The highest BCUT2D eigenvalue weighted by Crippen LogP contribution is 2.51. The molecule has 5 rings (SSSR count). The SMILES string of the molecule is Cc1ccc(SCc2cc(C)cc(C3C(C#N)=C(N)N(c4ccccc4C)C4=C3C(=O)CC(C)(C)C4)c2C)cc1. The lowest BCUT2D eigenvalue weighted by Gasteiger charge is -2.44. The molecule has 0 spiro atoms. The fourth-order valence-electron chi connectivity index (χ4n) is 6.12. The summed E-state index contributed by atoms with van der Waals surface area (Å²) in [5.74, 6) is 0.848. The minimum atomic E-state index is -0.480. The van der Waals surface area contributed by atoms with Crippen LogP contribution in [-0.4, -0.2) is 5.78 Å². The van der Waals surface area contributed by atoms with Crippen LogP contribution in [0.4, 0.5) is 5.69 Å². The highest BCUT2D eigenvalue weighted by Gasteiger charge is 2.45. The topological polar surface area (TPSA) is 70.1 Å². The lowest BCUT2D eigenvalue weighted by atomic mass is 9.68. The highest BCUT2D eigenvalue weighted by molar-refractivity contribution is 7.98. The Labute approximate surface area is 242 Å². The van der Waals surface area contributed by atoms with Gasteiger partial charge in [-0.2, -0.15) is 5.26 Å². The number of Topliss-reactive ketones (excluding diaryl/α,β-unsaturated/α-hetero) is 1. The molecule has 204 valence electrons. The Balaban J connectivity index is 1.67. The molecule has 0 bridgehead atoms. The normalized spacial score (nSPS) is 18.6. The molecule has 1 unspecified atom stereocenters. The third kappa shape index (κ3) is 5.09. The maximum atomic E-state index is 14.0. The number of benzene rings is 3. The summed E-state index contributed by atoms with van der Waals surface area (Å²) in [5.41, 5.74) is 16.4. The second-order valence-electron chi connectivity index (χ2n) is 12.0. The van der Waals surface area contributed by atoms with Crippen molar-refractivity contribution in [3.05, 3.63) is 117 Å². The van der Waals surface area contributed by atoms with E-state index in [1.54, 1.807) is 11.8 Å². The van der Waals surface area contributed by atoms with Crippen molar-refractivity contribution in [3.8, 4) is 6.07 Å². The van der Waals surface area contributed by atoms with E-state index in [0.29, 0.717) is 24.2 Å². The summed E-state index contributed by atoms with van der Waals surface area (Å²) >= 11 is 1.80. The second kappa shape index (κ2) is 10.7. The van der Waals surface area contributed by atoms with E-state index in [1.807, 2.05) is 36.1 Å². The number of nitrogens with two attached hydrogens (primary N) is 1. The predicted molar refractivity (Wildman–Crippen MR) is 165 cm³/mol. The van der Waals surface area contributed by atoms with Gasteiger partial charge in [0.15, 0.2) is 5.78 Å². The van der Waals surface area contributed by atoms with Gasteiger partial charge in [0.1, 0.15) is 5.82 Å². The highest BCUT2D eigenvalue weighted by atomic mass is 32.2. The van der Waals surface area contributed by atoms with E-state index in [1.165, 1.54) is 16.0 Å². The smallest absolute Gasteiger partial charge is 0.162 e. The Morgan fingerprint density at radius 1 is 1.00 bits per heavy atom. The lowest BCUT2D eigenvalue weighted by Crippen LogP contribution is -2.42. The number of aryl methyl sites for hydroxylation is 3. The van der Waals surface area contributed by atoms with E-state index < -0.39 is 5.92 Å². The van der Waals surface area contributed by atoms with Crippen LogP contribution in [0.5, 0.6) is 0 Å². The molecule has 1 aliphatic heterocycles. The number of para-hydroxylation sites is 1. The van der Waals surface area contributed by atoms with Crippen LogP contribution in [0.25, 0.3) is 0 Å². The van der Waals surface area contributed by atoms with Gasteiger partial charge < -0.3 is 5.73 Å². The third-order valence-electron chi connectivity index (χ3n) is 8.16. The van der Waals surface area contributed by atoms with Gasteiger partial charge in [-0.1, -0.05) is 67.4 Å². The summed E-state index contributed by atoms with van der Waals surface area (Å²) in [6, 6.07) is 23.4. The van der Waals surface area contributed by atoms with E-state index in [4.69, 9.17) is 5.73 Å². The fraction of sp³-hybridized carbons (Fsp3) is 0.314. The van der Waals surface area contributed by atoms with Crippen LogP contribution in [0.2, 0.25) is 0 Å². The number of hydrogen-bond acceptors (Lipinski definition) is 5. The summed E-state index contributed by atoms with van der Waals surface area (Å²) in [6.07, 6.45) is 1.16. The van der Waals surface area contributed by atoms with Gasteiger partial charge in [0.25, 0.3) is 0 Å². The predicted octanol–water partition coefficient (Wildman–Crippen LogP) is 8.15. The van der Waals surface area contributed by atoms with Crippen LogP contribution in [0.15, 0.2) is 88.2 Å². The van der Waals surface area contributed by atoms with Gasteiger partial charge in [-0.15, -0.1) is 11.8 Å². The number of nitriles is 1. The van der Waals surface area contributed by atoms with E-state index in [-0.39, 0.29) is 11.2 Å². The van der Waals surface area contributed by atoms with Gasteiger partial charge in [0.2, 0.25) is 0 Å². The number of anilines is 1. The van der Waals surface area contributed by atoms with Crippen molar-refractivity contribution in [2.24, 2.45) is 11.1 Å². The van der Waals surface area contributed by atoms with E-state index in [0.717, 1.165) is 45.0 Å². The van der Waals surface area contributed by atoms with Crippen molar-refractivity contribution in [1.82, 2.24) is 0 Å². The molecule has 2 N–H and O–H groups in total. The zero-order valence-corrected chi connectivity index (χ0v) is 25.1. The molecule has 1 heterocycles. The van der Waals surface area contributed by atoms with Crippen LogP contribution in [0, 0.1) is 44.4 Å². The zero-order chi connectivity index (χ0) is 28.8. The molecular formula is C35H37N3OS. The van der Waals surface area contributed by atoms with Crippen LogP contribution < -0.4 is 10.6 Å². The fourth-order valence-corrected chi connectivity index (χ4v) is 7.07. The van der Waals surface area contributed by atoms with Crippen molar-refractivity contribution in [2.45, 2.75) is 71.0 Å². The minimum Gasteiger partial charge on any atom is -0.384 e. The number of carbonyl (C=O) groups is 1. The maximum absolute atomic E-state index is 14.0. The van der Waals surface area contributed by atoms with E-state index in [2.05, 4.69) is 77.1 Å². The molecule has 2 aliphatic rings. The van der Waals surface area contributed by atoms with Crippen LogP contribution in [0.1, 0.15) is 66.0 Å². The molecule has 1 atom stereocenters. The molecule has 4 nitrogen and oxygen atoms in total. The summed E-state index contributed by atoms with van der Waals surface area (Å²) in [7, 11) is 0. The van der Waals surface area contributed by atoms with Gasteiger partial charge in [-0.25, -0.2) is 0 Å². The van der Waals surface area contributed by atoms with Gasteiger partial charge in [0.05, 0.1) is 23.2 Å². The molecule has 0 aromatic heterocycles. The number of hydrogen-bond donors (Lipinski definition) is 1. The Bertz CT molecular complexity index is 1600. The number of allylic oxidation sites excluding steroid dienone is 3. The molecule has 5 heteroatoms. The maximum Gasteiger partial charge on any atom is 0.162 e. The minimum absolute atomic E-state index is 0.103. The average molecular weight is 548 g/mol. The second-order valence-corrected chi connectivity index (χ2v) is 13.1. The number of nitrogens with zero attached hydrogens (tertiary/aromatic N) is 2. The van der Waals surface area contributed by atoms with Gasteiger partial charge in [0, 0.05) is 28.3 Å². The molecule has 0 saturated heterocycles. The van der Waals surface area contributed by atoms with Gasteiger partial charge in [-0.3, -0.25) is 9.69 Å². The first-order chi connectivity index (χ1) is 19.0. The van der Waals surface area contributed by atoms with Crippen molar-refractivity contribution >= 4 is 23.2 Å². The summed E-state index contributed by atoms with van der Waals surface area (Å²) in [4.78, 5) is 17.2. The largest absolute Gasteiger partial charge is 0.384 e. The van der Waals surface area contributed by atoms with E-state index in [9.17, 15) is 10.1 Å². The zero-order valence-electron chi connectivity index (χ0n) is 24.3. The molecule has 3 aromatic rings. The van der Waals surface area contributed by atoms with Crippen LogP contribution >= 0.6 is 11.8 Å². The number of thioether (sulfide) groups is 1. The van der Waals surface area contributed by atoms with Crippen LogP contribution in [0.3, 0.4) is 0 Å². The van der Waals surface area contributed by atoms with Crippen molar-refractivity contribution < 1.29 is 4.79 Å². The van der Waals surface area contributed by atoms with Crippen LogP contribution in [-0.2, 0) is 10.5 Å². The Morgan fingerprint density at radius 2 is 1.70 bits per heavy atom. The Morgan fingerprint density at radius 3 is 2.38 bits per heavy atom. The molecule has 40 heavy (non-hydrogen) atoms. The number of ketones is 1. The first-order valence-electron chi connectivity index (χ1n) is 13.8. The quantitative estimate of drug-likeness (QED) is 0.326. The van der Waals surface area contributed by atoms with Crippen molar-refractivity contribution in [2.75, 3.05) is 4.90 Å².